The number of anilines is 2. The van der Waals surface area contributed by atoms with Gasteiger partial charge in [-0.15, -0.1) is 0 Å². The fourth-order valence-corrected chi connectivity index (χ4v) is 2.74. The number of carbonyl (C=O) groups excluding carboxylic acids is 3. The van der Waals surface area contributed by atoms with Crippen molar-refractivity contribution in [1.29, 1.82) is 0 Å². The molecule has 0 heterocycles. The van der Waals surface area contributed by atoms with E-state index in [2.05, 4.69) is 10.6 Å². The molecule has 0 aliphatic heterocycles. The van der Waals surface area contributed by atoms with Gasteiger partial charge in [-0.3, -0.25) is 14.4 Å². The molecule has 2 aromatic carbocycles. The smallest absolute Gasteiger partial charge is 0.306 e. The molecule has 0 aliphatic carbocycles. The van der Waals surface area contributed by atoms with Gasteiger partial charge in [-0.05, 0) is 67.8 Å². The summed E-state index contributed by atoms with van der Waals surface area (Å²) in [6.07, 6.45) is 0.564. The van der Waals surface area contributed by atoms with Gasteiger partial charge in [0.1, 0.15) is 0 Å². The third-order valence-corrected chi connectivity index (χ3v) is 4.03. The van der Waals surface area contributed by atoms with E-state index < -0.39 is 11.9 Å². The molecule has 0 bridgehead atoms. The van der Waals surface area contributed by atoms with Crippen molar-refractivity contribution in [1.82, 2.24) is 0 Å². The van der Waals surface area contributed by atoms with Crippen molar-refractivity contribution in [2.45, 2.75) is 33.1 Å². The molecule has 0 spiro atoms. The Labute approximate surface area is 169 Å². The SMILES string of the molecule is Cc1cc(C)cc(NC(=O)COC(=O)CCCC(=O)Nc2ccc(Cl)cc2)c1. The largest absolute Gasteiger partial charge is 0.456 e. The lowest BCUT2D eigenvalue weighted by atomic mass is 10.1. The first kappa shape index (κ1) is 21.4. The first-order valence-electron chi connectivity index (χ1n) is 8.91. The Bertz CT molecular complexity index is 830. The van der Waals surface area contributed by atoms with E-state index >= 15 is 0 Å². The summed E-state index contributed by atoms with van der Waals surface area (Å²) >= 11 is 5.79. The van der Waals surface area contributed by atoms with Crippen LogP contribution < -0.4 is 10.6 Å². The molecule has 2 aromatic rings. The van der Waals surface area contributed by atoms with Crippen LogP contribution in [0.5, 0.6) is 0 Å². The number of benzene rings is 2. The Kier molecular flexibility index (Phi) is 8.02. The van der Waals surface area contributed by atoms with Crippen LogP contribution in [0, 0.1) is 13.8 Å². The Morgan fingerprint density at radius 1 is 0.857 bits per heavy atom. The molecule has 0 aromatic heterocycles. The van der Waals surface area contributed by atoms with Crippen LogP contribution >= 0.6 is 11.6 Å². The number of aryl methyl sites for hydroxylation is 2. The normalized spacial score (nSPS) is 10.2. The van der Waals surface area contributed by atoms with Gasteiger partial charge in [-0.1, -0.05) is 17.7 Å². The van der Waals surface area contributed by atoms with Gasteiger partial charge in [-0.25, -0.2) is 0 Å². The highest BCUT2D eigenvalue weighted by Crippen LogP contribution is 2.15. The average Bonchev–Trinajstić information content (AvgIpc) is 2.61. The third kappa shape index (κ3) is 7.80. The number of amides is 2. The maximum absolute atomic E-state index is 11.9. The maximum atomic E-state index is 11.9. The van der Waals surface area contributed by atoms with E-state index in [0.29, 0.717) is 22.8 Å². The van der Waals surface area contributed by atoms with Crippen molar-refractivity contribution in [3.8, 4) is 0 Å². The monoisotopic (exact) mass is 402 g/mol. The van der Waals surface area contributed by atoms with E-state index in [1.165, 1.54) is 0 Å². The minimum absolute atomic E-state index is 0.0604. The predicted molar refractivity (Wildman–Crippen MR) is 109 cm³/mol. The summed E-state index contributed by atoms with van der Waals surface area (Å²) < 4.78 is 4.95. The van der Waals surface area contributed by atoms with E-state index in [9.17, 15) is 14.4 Å². The molecule has 2 N–H and O–H groups in total. The summed E-state index contributed by atoms with van der Waals surface area (Å²) in [6.45, 7) is 3.51. The second-order valence-corrected chi connectivity index (χ2v) is 6.93. The van der Waals surface area contributed by atoms with E-state index in [0.717, 1.165) is 11.1 Å². The second kappa shape index (κ2) is 10.5. The van der Waals surface area contributed by atoms with Crippen LogP contribution in [0.15, 0.2) is 42.5 Å². The van der Waals surface area contributed by atoms with Crippen molar-refractivity contribution >= 4 is 40.8 Å². The fourth-order valence-electron chi connectivity index (χ4n) is 2.61. The zero-order chi connectivity index (χ0) is 20.5. The molecule has 0 unspecified atom stereocenters. The summed E-state index contributed by atoms with van der Waals surface area (Å²) in [5, 5.41) is 6.00. The number of carbonyl (C=O) groups is 3. The molecule has 0 atom stereocenters. The quantitative estimate of drug-likeness (QED) is 0.646. The first-order chi connectivity index (χ1) is 13.3. The van der Waals surface area contributed by atoms with Crippen molar-refractivity contribution in [3.05, 3.63) is 58.6 Å². The van der Waals surface area contributed by atoms with E-state index in [4.69, 9.17) is 16.3 Å². The first-order valence-corrected chi connectivity index (χ1v) is 9.29. The molecule has 28 heavy (non-hydrogen) atoms. The number of rotatable bonds is 8. The van der Waals surface area contributed by atoms with E-state index in [1.807, 2.05) is 32.0 Å². The lowest BCUT2D eigenvalue weighted by Crippen LogP contribution is -2.21. The van der Waals surface area contributed by atoms with Gasteiger partial charge in [0, 0.05) is 29.2 Å². The molecule has 0 radical (unpaired) electrons. The minimum Gasteiger partial charge on any atom is -0.456 e. The molecule has 2 rings (SSSR count). The van der Waals surface area contributed by atoms with Crippen LogP contribution in [0.2, 0.25) is 5.02 Å². The molecule has 0 saturated heterocycles. The molecule has 0 aliphatic rings. The minimum atomic E-state index is -0.519. The molecular weight excluding hydrogens is 380 g/mol. The van der Waals surface area contributed by atoms with Gasteiger partial charge >= 0.3 is 5.97 Å². The maximum Gasteiger partial charge on any atom is 0.306 e. The molecule has 148 valence electrons. The van der Waals surface area contributed by atoms with Crippen LogP contribution in [0.25, 0.3) is 0 Å². The number of halogens is 1. The highest BCUT2D eigenvalue weighted by atomic mass is 35.5. The van der Waals surface area contributed by atoms with E-state index in [-0.39, 0.29) is 25.4 Å². The molecule has 2 amide bonds. The van der Waals surface area contributed by atoms with Gasteiger partial charge in [0.25, 0.3) is 5.91 Å². The Morgan fingerprint density at radius 2 is 1.46 bits per heavy atom. The third-order valence-electron chi connectivity index (χ3n) is 3.78. The summed E-state index contributed by atoms with van der Waals surface area (Å²) in [6, 6.07) is 12.4. The number of esters is 1. The lowest BCUT2D eigenvalue weighted by molar-refractivity contribution is -0.147. The van der Waals surface area contributed by atoms with Gasteiger partial charge < -0.3 is 15.4 Å². The van der Waals surface area contributed by atoms with Crippen LogP contribution in [0.3, 0.4) is 0 Å². The van der Waals surface area contributed by atoms with Crippen molar-refractivity contribution < 1.29 is 19.1 Å². The van der Waals surface area contributed by atoms with Crippen LogP contribution in [-0.4, -0.2) is 24.4 Å². The standard InChI is InChI=1S/C21H23ClN2O4/c1-14-10-15(2)12-18(11-14)24-20(26)13-28-21(27)5-3-4-19(25)23-17-8-6-16(22)7-9-17/h6-12H,3-5,13H2,1-2H3,(H,23,25)(H,24,26). The van der Waals surface area contributed by atoms with Crippen molar-refractivity contribution in [3.63, 3.8) is 0 Å². The molecule has 0 fully saturated rings. The van der Waals surface area contributed by atoms with Crippen LogP contribution in [-0.2, 0) is 19.1 Å². The number of hydrogen-bond donors (Lipinski definition) is 2. The summed E-state index contributed by atoms with van der Waals surface area (Å²) in [4.78, 5) is 35.5. The van der Waals surface area contributed by atoms with Crippen LogP contribution in [0.1, 0.15) is 30.4 Å². The summed E-state index contributed by atoms with van der Waals surface area (Å²) in [7, 11) is 0. The fraction of sp³-hybridized carbons (Fsp3) is 0.286. The average molecular weight is 403 g/mol. The Morgan fingerprint density at radius 3 is 2.11 bits per heavy atom. The van der Waals surface area contributed by atoms with Gasteiger partial charge in [0.05, 0.1) is 0 Å². The topological polar surface area (TPSA) is 84.5 Å². The van der Waals surface area contributed by atoms with Gasteiger partial charge in [0.2, 0.25) is 5.91 Å². The second-order valence-electron chi connectivity index (χ2n) is 6.49. The zero-order valence-electron chi connectivity index (χ0n) is 15.9. The predicted octanol–water partition coefficient (Wildman–Crippen LogP) is 4.25. The highest BCUT2D eigenvalue weighted by Gasteiger charge is 2.10. The Balaban J connectivity index is 1.64. The van der Waals surface area contributed by atoms with Crippen molar-refractivity contribution in [2.75, 3.05) is 17.2 Å². The van der Waals surface area contributed by atoms with Gasteiger partial charge in [0.15, 0.2) is 6.61 Å². The van der Waals surface area contributed by atoms with Gasteiger partial charge in [-0.2, -0.15) is 0 Å². The summed E-state index contributed by atoms with van der Waals surface area (Å²) in [5.74, 6) is -1.13. The molecule has 6 nitrogen and oxygen atoms in total. The molecule has 7 heteroatoms. The van der Waals surface area contributed by atoms with Crippen LogP contribution in [0.4, 0.5) is 11.4 Å². The lowest BCUT2D eigenvalue weighted by Gasteiger charge is -2.08. The van der Waals surface area contributed by atoms with Crippen molar-refractivity contribution in [2.24, 2.45) is 0 Å². The summed E-state index contributed by atoms with van der Waals surface area (Å²) in [5.41, 5.74) is 3.37. The highest BCUT2D eigenvalue weighted by molar-refractivity contribution is 6.30. The number of hydrogen-bond acceptors (Lipinski definition) is 4. The Hall–Kier alpha value is -2.86. The zero-order valence-corrected chi connectivity index (χ0v) is 16.6. The number of ether oxygens (including phenoxy) is 1. The molecular formula is C21H23ClN2O4. The molecule has 0 saturated carbocycles. The van der Waals surface area contributed by atoms with E-state index in [1.54, 1.807) is 24.3 Å². The number of nitrogens with one attached hydrogen (secondary N) is 2.